The van der Waals surface area contributed by atoms with Crippen LogP contribution in [0.3, 0.4) is 0 Å². The second-order valence-electron chi connectivity index (χ2n) is 11.3. The van der Waals surface area contributed by atoms with Crippen molar-refractivity contribution >= 4 is 17.0 Å². The first kappa shape index (κ1) is 30.5. The van der Waals surface area contributed by atoms with Crippen LogP contribution in [0.15, 0.2) is 128 Å². The molecule has 7 rings (SSSR count). The van der Waals surface area contributed by atoms with Crippen LogP contribution in [0, 0.1) is 0 Å². The minimum absolute atomic E-state index is 0.134. The van der Waals surface area contributed by atoms with Crippen LogP contribution in [0.25, 0.3) is 11.2 Å². The van der Waals surface area contributed by atoms with Crippen molar-refractivity contribution in [2.24, 2.45) is 0 Å². The second-order valence-corrected chi connectivity index (χ2v) is 11.3. The summed E-state index contributed by atoms with van der Waals surface area (Å²) >= 11 is 0. The fraction of sp³-hybridized carbons (Fsp3) is 0.216. The first-order valence-electron chi connectivity index (χ1n) is 15.4. The van der Waals surface area contributed by atoms with E-state index in [1.165, 1.54) is 6.33 Å². The average molecular weight is 632 g/mol. The fourth-order valence-corrected chi connectivity index (χ4v) is 6.24. The summed E-state index contributed by atoms with van der Waals surface area (Å²) in [5.41, 5.74) is 3.89. The largest absolute Gasteiger partial charge is 0.497 e. The molecule has 4 aromatic carbocycles. The van der Waals surface area contributed by atoms with Crippen LogP contribution in [-0.4, -0.2) is 56.7 Å². The molecule has 1 aliphatic heterocycles. The summed E-state index contributed by atoms with van der Waals surface area (Å²) in [7, 11) is 1.60. The van der Waals surface area contributed by atoms with Gasteiger partial charge in [-0.15, -0.1) is 0 Å². The van der Waals surface area contributed by atoms with Gasteiger partial charge in [0, 0.05) is 0 Å². The van der Waals surface area contributed by atoms with Gasteiger partial charge in [-0.25, -0.2) is 19.3 Å². The van der Waals surface area contributed by atoms with Crippen LogP contribution in [0.5, 0.6) is 5.75 Å². The molecule has 1 unspecified atom stereocenters. The normalized spacial score (nSPS) is 19.6. The Balaban J connectivity index is 1.29. The first-order valence-corrected chi connectivity index (χ1v) is 15.4. The van der Waals surface area contributed by atoms with Gasteiger partial charge in [-0.2, -0.15) is 0 Å². The number of aliphatic hydroxyl groups excluding tert-OH is 1. The number of alkyl halides is 1. The van der Waals surface area contributed by atoms with E-state index in [4.69, 9.17) is 19.2 Å². The molecule has 0 radical (unpaired) electrons. The molecule has 4 atom stereocenters. The maximum atomic E-state index is 15.7. The maximum Gasteiger partial charge on any atom is 0.167 e. The minimum atomic E-state index is -1.58. The lowest BCUT2D eigenvalue weighted by Crippen LogP contribution is -2.38. The molecule has 3 heterocycles. The quantitative estimate of drug-likeness (QED) is 0.167. The number of aromatic nitrogens is 4. The monoisotopic (exact) mass is 631 g/mol. The van der Waals surface area contributed by atoms with Gasteiger partial charge in [0.15, 0.2) is 29.4 Å². The number of imidazole rings is 1. The summed E-state index contributed by atoms with van der Waals surface area (Å²) in [6, 6.07) is 37.9. The predicted octanol–water partition coefficient (Wildman–Crippen LogP) is 6.05. The van der Waals surface area contributed by atoms with E-state index in [-0.39, 0.29) is 6.61 Å². The Hall–Kier alpha value is -5.16. The van der Waals surface area contributed by atoms with Crippen molar-refractivity contribution in [1.82, 2.24) is 19.5 Å². The van der Waals surface area contributed by atoms with Crippen molar-refractivity contribution in [2.45, 2.75) is 36.8 Å². The van der Waals surface area contributed by atoms with Crippen LogP contribution in [0.1, 0.15) is 28.5 Å². The molecule has 0 bridgehead atoms. The van der Waals surface area contributed by atoms with E-state index in [1.54, 1.807) is 18.0 Å². The third-order valence-electron chi connectivity index (χ3n) is 8.60. The van der Waals surface area contributed by atoms with Gasteiger partial charge in [0.1, 0.15) is 29.8 Å². The Labute approximate surface area is 271 Å². The number of hydrogen-bond donors (Lipinski definition) is 2. The molecule has 2 aromatic heterocycles. The molecule has 0 spiro atoms. The van der Waals surface area contributed by atoms with Crippen LogP contribution in [-0.2, 0) is 21.6 Å². The number of ether oxygens (including phenoxy) is 3. The Bertz CT molecular complexity index is 1810. The van der Waals surface area contributed by atoms with E-state index in [0.717, 1.165) is 22.3 Å². The molecule has 0 aliphatic carbocycles. The summed E-state index contributed by atoms with van der Waals surface area (Å²) < 4.78 is 34.7. The Morgan fingerprint density at radius 2 is 1.43 bits per heavy atom. The summed E-state index contributed by atoms with van der Waals surface area (Å²) in [4.78, 5) is 13.9. The van der Waals surface area contributed by atoms with Gasteiger partial charge in [0.25, 0.3) is 0 Å². The lowest BCUT2D eigenvalue weighted by Gasteiger charge is -2.37. The zero-order valence-corrected chi connectivity index (χ0v) is 25.7. The number of benzene rings is 4. The molecule has 10 heteroatoms. The van der Waals surface area contributed by atoms with Crippen LogP contribution >= 0.6 is 0 Å². The highest BCUT2D eigenvalue weighted by Crippen LogP contribution is 2.41. The molecular weight excluding hydrogens is 597 g/mol. The predicted molar refractivity (Wildman–Crippen MR) is 176 cm³/mol. The molecule has 1 saturated heterocycles. The lowest BCUT2D eigenvalue weighted by molar-refractivity contribution is -0.0741. The van der Waals surface area contributed by atoms with Crippen molar-refractivity contribution in [1.29, 1.82) is 0 Å². The number of anilines is 1. The molecule has 0 saturated carbocycles. The number of hydrogen-bond acceptors (Lipinski definition) is 8. The highest BCUT2D eigenvalue weighted by atomic mass is 19.1. The number of rotatable bonds is 11. The van der Waals surface area contributed by atoms with Crippen molar-refractivity contribution in [2.75, 3.05) is 19.0 Å². The van der Waals surface area contributed by atoms with E-state index >= 15 is 4.39 Å². The molecule has 238 valence electrons. The fourth-order valence-electron chi connectivity index (χ4n) is 6.24. The van der Waals surface area contributed by atoms with Gasteiger partial charge in [-0.3, -0.25) is 4.57 Å². The topological polar surface area (TPSA) is 104 Å². The molecule has 47 heavy (non-hydrogen) atoms. The molecule has 9 nitrogen and oxygen atoms in total. The third kappa shape index (κ3) is 5.71. The van der Waals surface area contributed by atoms with E-state index in [1.807, 2.05) is 78.9 Å². The molecule has 0 amide bonds. The average Bonchev–Trinajstić information content (AvgIpc) is 3.71. The van der Waals surface area contributed by atoms with Gasteiger partial charge in [-0.05, 0) is 34.4 Å². The van der Waals surface area contributed by atoms with Crippen molar-refractivity contribution in [3.8, 4) is 5.75 Å². The van der Waals surface area contributed by atoms with Crippen molar-refractivity contribution in [3.05, 3.63) is 150 Å². The number of nitrogens with zero attached hydrogens (tertiary/aromatic N) is 4. The summed E-state index contributed by atoms with van der Waals surface area (Å²) in [5.74, 6) is 1.19. The zero-order chi connectivity index (χ0) is 32.2. The second kappa shape index (κ2) is 13.3. The Kier molecular flexibility index (Phi) is 8.62. The van der Waals surface area contributed by atoms with E-state index in [0.29, 0.717) is 22.7 Å². The number of fused-ring (bicyclic) bond motifs is 1. The Morgan fingerprint density at radius 1 is 0.830 bits per heavy atom. The maximum absolute atomic E-state index is 15.7. The summed E-state index contributed by atoms with van der Waals surface area (Å²) in [5, 5.41) is 13.7. The van der Waals surface area contributed by atoms with Gasteiger partial charge >= 0.3 is 0 Å². The van der Waals surface area contributed by atoms with Crippen molar-refractivity contribution in [3.63, 3.8) is 0 Å². The van der Waals surface area contributed by atoms with Gasteiger partial charge < -0.3 is 24.6 Å². The highest BCUT2D eigenvalue weighted by Gasteiger charge is 2.47. The number of aliphatic hydroxyl groups is 1. The van der Waals surface area contributed by atoms with Crippen molar-refractivity contribution < 1.29 is 23.7 Å². The first-order chi connectivity index (χ1) is 23.1. The Morgan fingerprint density at radius 3 is 1.98 bits per heavy atom. The molecule has 1 fully saturated rings. The SMILES string of the molecule is COc1ccc(COC2[C@H](n3cnc4c(NC(c5ccccc5)(c5ccccc5)c5ccccc5)ncnc43)O[C@H](CO)[C@H]2F)cc1. The van der Waals surface area contributed by atoms with Gasteiger partial charge in [0.05, 0.1) is 26.7 Å². The van der Waals surface area contributed by atoms with E-state index in [9.17, 15) is 5.11 Å². The summed E-state index contributed by atoms with van der Waals surface area (Å²) in [6.07, 6.45) is -1.61. The van der Waals surface area contributed by atoms with E-state index in [2.05, 4.69) is 51.7 Å². The van der Waals surface area contributed by atoms with Crippen LogP contribution in [0.2, 0.25) is 0 Å². The van der Waals surface area contributed by atoms with Crippen LogP contribution < -0.4 is 10.1 Å². The molecule has 6 aromatic rings. The summed E-state index contributed by atoms with van der Waals surface area (Å²) in [6.45, 7) is -0.364. The number of halogens is 1. The van der Waals surface area contributed by atoms with Gasteiger partial charge in [-0.1, -0.05) is 103 Å². The molecule has 2 N–H and O–H groups in total. The highest BCUT2D eigenvalue weighted by molar-refractivity contribution is 5.84. The van der Waals surface area contributed by atoms with Gasteiger partial charge in [0.2, 0.25) is 0 Å². The molecule has 1 aliphatic rings. The number of nitrogens with one attached hydrogen (secondary N) is 1. The zero-order valence-electron chi connectivity index (χ0n) is 25.7. The number of methoxy groups -OCH3 is 1. The minimum Gasteiger partial charge on any atom is -0.497 e. The molecular formula is C37H34FN5O4. The van der Waals surface area contributed by atoms with E-state index < -0.39 is 36.8 Å². The van der Waals surface area contributed by atoms with Crippen LogP contribution in [0.4, 0.5) is 10.2 Å². The lowest BCUT2D eigenvalue weighted by atomic mass is 9.77. The third-order valence-corrected chi connectivity index (χ3v) is 8.60. The standard InChI is InChI=1S/C37H34FN5O4/c1-45-29-19-17-25(18-20-29)22-46-33-31(38)30(21-44)47-36(33)43-24-41-32-34(39-23-40-35(32)43)42-37(26-11-5-2-6-12-26,27-13-7-3-8-14-27)28-15-9-4-10-16-28/h2-20,23-24,30-31,33,36,44H,21-22H2,1H3,(H,39,40,42)/t30-,31-,33?,36-/m1/s1. The smallest absolute Gasteiger partial charge is 0.167 e.